The van der Waals surface area contributed by atoms with Gasteiger partial charge >= 0.3 is 0 Å². The summed E-state index contributed by atoms with van der Waals surface area (Å²) in [4.78, 5) is 5.37. The van der Waals surface area contributed by atoms with Gasteiger partial charge in [-0.25, -0.2) is 0 Å². The Labute approximate surface area is 190 Å². The number of aliphatic imine (C=N–C) groups is 1. The minimum absolute atomic E-state index is 0.228. The normalized spacial score (nSPS) is 12.5. The van der Waals surface area contributed by atoms with Crippen LogP contribution in [-0.2, 0) is 4.74 Å². The number of rotatable bonds is 9. The molecule has 0 radical (unpaired) electrons. The van der Waals surface area contributed by atoms with Gasteiger partial charge in [-0.15, -0.1) is 6.58 Å². The lowest BCUT2D eigenvalue weighted by Crippen LogP contribution is -2.17. The molecule has 0 fully saturated rings. The largest absolute Gasteiger partial charge is 0.367 e. The van der Waals surface area contributed by atoms with Gasteiger partial charge in [0.15, 0.2) is 0 Å². The van der Waals surface area contributed by atoms with Crippen molar-refractivity contribution < 1.29 is 4.74 Å². The Morgan fingerprint density at radius 2 is 1.09 bits per heavy atom. The van der Waals surface area contributed by atoms with Gasteiger partial charge in [0.25, 0.3) is 0 Å². The standard InChI is InChI=1S/C30H27NO/c1-2-23-32-30(27-21-13-6-14-22-27)29(26-19-11-5-12-20-26)31-28(24-15-7-3-8-16-24)25-17-9-4-10-18-25/h2-22,29-30H,1,23H2/t29-,30-/m1/s1. The Bertz CT molecular complexity index is 1080. The van der Waals surface area contributed by atoms with Crippen LogP contribution in [0.2, 0.25) is 0 Å². The molecule has 0 aromatic heterocycles. The maximum absolute atomic E-state index is 6.34. The molecular weight excluding hydrogens is 390 g/mol. The lowest BCUT2D eigenvalue weighted by atomic mass is 9.94. The molecule has 0 N–H and O–H groups in total. The highest BCUT2D eigenvalue weighted by Crippen LogP contribution is 2.36. The summed E-state index contributed by atoms with van der Waals surface area (Å²) in [6, 6.07) is 41.1. The first-order valence-corrected chi connectivity index (χ1v) is 10.9. The van der Waals surface area contributed by atoms with E-state index in [1.54, 1.807) is 6.08 Å². The Hall–Kier alpha value is -3.75. The lowest BCUT2D eigenvalue weighted by molar-refractivity contribution is 0.0543. The van der Waals surface area contributed by atoms with Gasteiger partial charge in [0, 0.05) is 11.1 Å². The van der Waals surface area contributed by atoms with E-state index < -0.39 is 0 Å². The van der Waals surface area contributed by atoms with Crippen LogP contribution in [0.4, 0.5) is 0 Å². The maximum atomic E-state index is 6.34. The van der Waals surface area contributed by atoms with E-state index in [2.05, 4.69) is 67.2 Å². The molecule has 4 rings (SSSR count). The average Bonchev–Trinajstić information content (AvgIpc) is 2.88. The zero-order chi connectivity index (χ0) is 22.0. The van der Waals surface area contributed by atoms with Crippen molar-refractivity contribution in [1.29, 1.82) is 0 Å². The van der Waals surface area contributed by atoms with Gasteiger partial charge in [0.1, 0.15) is 12.1 Å². The van der Waals surface area contributed by atoms with Crippen molar-refractivity contribution in [1.82, 2.24) is 0 Å². The van der Waals surface area contributed by atoms with Crippen molar-refractivity contribution in [2.24, 2.45) is 4.99 Å². The minimum atomic E-state index is -0.251. The van der Waals surface area contributed by atoms with E-state index in [0.717, 1.165) is 28.0 Å². The first-order chi connectivity index (χ1) is 15.9. The molecule has 0 aliphatic carbocycles. The average molecular weight is 418 g/mol. The van der Waals surface area contributed by atoms with Crippen LogP contribution in [0.15, 0.2) is 139 Å². The summed E-state index contributed by atoms with van der Waals surface area (Å²) in [7, 11) is 0. The van der Waals surface area contributed by atoms with Crippen LogP contribution in [0.25, 0.3) is 0 Å². The number of hydrogen-bond donors (Lipinski definition) is 0. The highest BCUT2D eigenvalue weighted by Gasteiger charge is 2.26. The first kappa shape index (κ1) is 21.5. The molecule has 0 unspecified atom stereocenters. The van der Waals surface area contributed by atoms with Gasteiger partial charge in [-0.05, 0) is 11.1 Å². The Morgan fingerprint density at radius 3 is 1.56 bits per heavy atom. The summed E-state index contributed by atoms with van der Waals surface area (Å²) < 4.78 is 6.34. The third-order valence-corrected chi connectivity index (χ3v) is 5.31. The molecule has 0 saturated heterocycles. The van der Waals surface area contributed by atoms with E-state index in [-0.39, 0.29) is 12.1 Å². The van der Waals surface area contributed by atoms with E-state index in [1.165, 1.54) is 0 Å². The maximum Gasteiger partial charge on any atom is 0.109 e. The van der Waals surface area contributed by atoms with Crippen LogP contribution in [0.5, 0.6) is 0 Å². The van der Waals surface area contributed by atoms with E-state index in [4.69, 9.17) is 9.73 Å². The second-order valence-corrected chi connectivity index (χ2v) is 7.52. The summed E-state index contributed by atoms with van der Waals surface area (Å²) in [5.74, 6) is 0. The van der Waals surface area contributed by atoms with E-state index in [9.17, 15) is 0 Å². The predicted octanol–water partition coefficient (Wildman–Crippen LogP) is 7.21. The van der Waals surface area contributed by atoms with Crippen molar-refractivity contribution >= 4 is 5.71 Å². The number of nitrogens with zero attached hydrogens (tertiary/aromatic N) is 1. The van der Waals surface area contributed by atoms with Gasteiger partial charge in [-0.1, -0.05) is 127 Å². The molecule has 2 heteroatoms. The molecule has 2 nitrogen and oxygen atoms in total. The van der Waals surface area contributed by atoms with Gasteiger partial charge in [0.05, 0.1) is 12.3 Å². The molecule has 32 heavy (non-hydrogen) atoms. The summed E-state index contributed by atoms with van der Waals surface area (Å²) in [6.45, 7) is 4.30. The highest BCUT2D eigenvalue weighted by molar-refractivity contribution is 6.13. The molecule has 2 atom stereocenters. The molecule has 0 aliphatic heterocycles. The zero-order valence-electron chi connectivity index (χ0n) is 18.0. The number of hydrogen-bond acceptors (Lipinski definition) is 2. The van der Waals surface area contributed by atoms with Gasteiger partial charge in [-0.2, -0.15) is 0 Å². The third kappa shape index (κ3) is 5.29. The molecule has 158 valence electrons. The smallest absolute Gasteiger partial charge is 0.109 e. The first-order valence-electron chi connectivity index (χ1n) is 10.9. The van der Waals surface area contributed by atoms with Crippen molar-refractivity contribution in [3.05, 3.63) is 156 Å². The van der Waals surface area contributed by atoms with Crippen LogP contribution >= 0.6 is 0 Å². The third-order valence-electron chi connectivity index (χ3n) is 5.31. The van der Waals surface area contributed by atoms with Crippen LogP contribution in [0.1, 0.15) is 34.4 Å². The fourth-order valence-corrected chi connectivity index (χ4v) is 3.80. The molecule has 0 saturated carbocycles. The summed E-state index contributed by atoms with van der Waals surface area (Å²) in [5.41, 5.74) is 5.30. The molecule has 0 bridgehead atoms. The van der Waals surface area contributed by atoms with Crippen molar-refractivity contribution in [2.75, 3.05) is 6.61 Å². The summed E-state index contributed by atoms with van der Waals surface area (Å²) in [6.07, 6.45) is 1.54. The second-order valence-electron chi connectivity index (χ2n) is 7.52. The second kappa shape index (κ2) is 11.0. The number of benzene rings is 4. The van der Waals surface area contributed by atoms with Gasteiger partial charge in [-0.3, -0.25) is 4.99 Å². The molecule has 0 aliphatic rings. The molecule has 4 aromatic carbocycles. The van der Waals surface area contributed by atoms with E-state index >= 15 is 0 Å². The minimum Gasteiger partial charge on any atom is -0.367 e. The van der Waals surface area contributed by atoms with Crippen LogP contribution in [0.3, 0.4) is 0 Å². The topological polar surface area (TPSA) is 21.6 Å². The fraction of sp³-hybridized carbons (Fsp3) is 0.100. The fourth-order valence-electron chi connectivity index (χ4n) is 3.80. The Balaban J connectivity index is 1.90. The van der Waals surface area contributed by atoms with Crippen LogP contribution in [0, 0.1) is 0 Å². The van der Waals surface area contributed by atoms with E-state index in [0.29, 0.717) is 6.61 Å². The van der Waals surface area contributed by atoms with E-state index in [1.807, 2.05) is 60.7 Å². The molecule has 0 spiro atoms. The Morgan fingerprint density at radius 1 is 0.656 bits per heavy atom. The summed E-state index contributed by atoms with van der Waals surface area (Å²) in [5, 5.41) is 0. The zero-order valence-corrected chi connectivity index (χ0v) is 18.0. The molecule has 0 amide bonds. The quantitative estimate of drug-likeness (QED) is 0.208. The predicted molar refractivity (Wildman–Crippen MR) is 133 cm³/mol. The molecular formula is C30H27NO. The highest BCUT2D eigenvalue weighted by atomic mass is 16.5. The van der Waals surface area contributed by atoms with Crippen molar-refractivity contribution in [3.8, 4) is 0 Å². The Kier molecular flexibility index (Phi) is 7.41. The van der Waals surface area contributed by atoms with Gasteiger partial charge < -0.3 is 4.74 Å². The summed E-state index contributed by atoms with van der Waals surface area (Å²) >= 11 is 0. The van der Waals surface area contributed by atoms with Crippen LogP contribution < -0.4 is 0 Å². The monoisotopic (exact) mass is 417 g/mol. The van der Waals surface area contributed by atoms with Crippen LogP contribution in [-0.4, -0.2) is 12.3 Å². The number of ether oxygens (including phenoxy) is 1. The van der Waals surface area contributed by atoms with Crippen molar-refractivity contribution in [2.45, 2.75) is 12.1 Å². The molecule has 0 heterocycles. The lowest BCUT2D eigenvalue weighted by Gasteiger charge is -2.26. The van der Waals surface area contributed by atoms with Crippen molar-refractivity contribution in [3.63, 3.8) is 0 Å². The molecule has 4 aromatic rings. The van der Waals surface area contributed by atoms with Gasteiger partial charge in [0.2, 0.25) is 0 Å². The SMILES string of the molecule is C=CCO[C@H](c1ccccc1)[C@H](N=C(c1ccccc1)c1ccccc1)c1ccccc1.